The number of ether oxygens (including phenoxy) is 2. The Kier molecular flexibility index (Phi) is 5.33. The van der Waals surface area contributed by atoms with Gasteiger partial charge in [0.1, 0.15) is 5.82 Å². The molecule has 9 heteroatoms. The molecule has 0 unspecified atom stereocenters. The van der Waals surface area contributed by atoms with Gasteiger partial charge in [-0.1, -0.05) is 12.1 Å². The second-order valence-corrected chi connectivity index (χ2v) is 9.01. The van der Waals surface area contributed by atoms with Crippen molar-refractivity contribution < 1.29 is 27.4 Å². The fraction of sp³-hybridized carbons (Fsp3) is 0.214. The van der Waals surface area contributed by atoms with Crippen molar-refractivity contribution in [3.63, 3.8) is 0 Å². The summed E-state index contributed by atoms with van der Waals surface area (Å²) in [5.74, 6) is 0.648. The van der Waals surface area contributed by atoms with Gasteiger partial charge >= 0.3 is 6.18 Å². The topological polar surface area (TPSA) is 67.5 Å². The number of alkyl halides is 3. The highest BCUT2D eigenvalue weighted by Crippen LogP contribution is 2.50. The number of fused-ring (bicyclic) bond motifs is 1. The number of hydrogen-bond acceptors (Lipinski definition) is 5. The van der Waals surface area contributed by atoms with Crippen LogP contribution in [0.4, 0.5) is 18.9 Å². The van der Waals surface area contributed by atoms with Gasteiger partial charge in [-0.05, 0) is 60.9 Å². The molecular formula is C28H20F3N3O3. The first-order valence-corrected chi connectivity index (χ1v) is 11.8. The Morgan fingerprint density at radius 2 is 1.76 bits per heavy atom. The molecule has 6 rings (SSSR count). The minimum absolute atomic E-state index is 0.0786. The van der Waals surface area contributed by atoms with E-state index < -0.39 is 17.7 Å². The number of nitriles is 1. The van der Waals surface area contributed by atoms with Crippen molar-refractivity contribution in [3.05, 3.63) is 95.0 Å². The predicted octanol–water partition coefficient (Wildman–Crippen LogP) is 6.24. The number of Topliss-reactive ketones (excluding diaryl/α,β-unsaturated/α-hetero) is 1. The molecule has 1 atom stereocenters. The number of nitrogens with zero attached hydrogens (tertiary/aromatic N) is 3. The molecule has 3 aliphatic rings. The van der Waals surface area contributed by atoms with Crippen molar-refractivity contribution in [1.29, 1.82) is 5.26 Å². The van der Waals surface area contributed by atoms with E-state index in [9.17, 15) is 23.2 Å². The molecule has 0 radical (unpaired) electrons. The van der Waals surface area contributed by atoms with Crippen LogP contribution in [-0.2, 0) is 11.0 Å². The van der Waals surface area contributed by atoms with E-state index in [4.69, 9.17) is 9.47 Å². The van der Waals surface area contributed by atoms with E-state index in [0.29, 0.717) is 53.4 Å². The van der Waals surface area contributed by atoms with Crippen molar-refractivity contribution in [1.82, 2.24) is 4.57 Å². The highest BCUT2D eigenvalue weighted by atomic mass is 19.4. The summed E-state index contributed by atoms with van der Waals surface area (Å²) < 4.78 is 53.7. The summed E-state index contributed by atoms with van der Waals surface area (Å²) in [5.41, 5.74) is 1.38. The van der Waals surface area contributed by atoms with Crippen LogP contribution in [0.25, 0.3) is 5.82 Å². The lowest BCUT2D eigenvalue weighted by molar-refractivity contribution is -0.137. The zero-order chi connectivity index (χ0) is 25.7. The lowest BCUT2D eigenvalue weighted by Gasteiger charge is -2.41. The van der Waals surface area contributed by atoms with Gasteiger partial charge < -0.3 is 14.0 Å². The maximum atomic E-state index is 13.7. The van der Waals surface area contributed by atoms with E-state index >= 15 is 0 Å². The normalized spacial score (nSPS) is 19.2. The molecule has 2 aliphatic heterocycles. The van der Waals surface area contributed by atoms with Crippen molar-refractivity contribution in [2.45, 2.75) is 31.4 Å². The van der Waals surface area contributed by atoms with Gasteiger partial charge in [-0.25, -0.2) is 0 Å². The number of anilines is 1. The van der Waals surface area contributed by atoms with Crippen LogP contribution in [0, 0.1) is 11.3 Å². The van der Waals surface area contributed by atoms with Crippen molar-refractivity contribution in [2.24, 2.45) is 0 Å². The molecule has 0 saturated heterocycles. The van der Waals surface area contributed by atoms with Gasteiger partial charge in [0.25, 0.3) is 0 Å². The van der Waals surface area contributed by atoms with E-state index in [1.54, 1.807) is 58.3 Å². The standard InChI is InChI=1S/C28H20F3N3O3/c29-28(30,31)18-5-3-6-19(14-18)34-21-7-4-8-22(35)26(21)25(17-9-10-23-24(13-17)37-16-36-23)20(15-32)27(34)33-11-1-2-12-33/h1-3,5-6,9-14,25H,4,7-8,16H2/t25-/m0/s1. The molecule has 1 aliphatic carbocycles. The monoisotopic (exact) mass is 503 g/mol. The number of allylic oxidation sites excluding steroid dienone is 3. The van der Waals surface area contributed by atoms with Crippen LogP contribution in [-0.4, -0.2) is 17.1 Å². The van der Waals surface area contributed by atoms with Crippen LogP contribution in [0.1, 0.15) is 36.3 Å². The second kappa shape index (κ2) is 8.59. The molecule has 37 heavy (non-hydrogen) atoms. The minimum atomic E-state index is -4.55. The lowest BCUT2D eigenvalue weighted by atomic mass is 9.75. The first-order valence-electron chi connectivity index (χ1n) is 11.8. The lowest BCUT2D eigenvalue weighted by Crippen LogP contribution is -2.36. The Morgan fingerprint density at radius 1 is 0.973 bits per heavy atom. The maximum absolute atomic E-state index is 13.7. The Morgan fingerprint density at radius 3 is 2.51 bits per heavy atom. The van der Waals surface area contributed by atoms with Gasteiger partial charge in [-0.3, -0.25) is 9.69 Å². The molecule has 3 heterocycles. The molecule has 1 aromatic heterocycles. The van der Waals surface area contributed by atoms with Gasteiger partial charge in [0.15, 0.2) is 17.3 Å². The Labute approximate surface area is 210 Å². The SMILES string of the molecule is N#CC1=C(n2cccc2)N(c2cccc(C(F)(F)F)c2)C2=C(C(=O)CCC2)[C@H]1c1ccc2c(c1)OCO2. The van der Waals surface area contributed by atoms with Crippen molar-refractivity contribution >= 4 is 17.3 Å². The molecule has 0 saturated carbocycles. The van der Waals surface area contributed by atoms with E-state index in [0.717, 1.165) is 12.1 Å². The summed E-state index contributed by atoms with van der Waals surface area (Å²) >= 11 is 0. The zero-order valence-corrected chi connectivity index (χ0v) is 19.5. The third-order valence-corrected chi connectivity index (χ3v) is 6.86. The fourth-order valence-electron chi connectivity index (χ4n) is 5.30. The van der Waals surface area contributed by atoms with E-state index in [-0.39, 0.29) is 23.8 Å². The number of benzene rings is 2. The number of ketones is 1. The summed E-state index contributed by atoms with van der Waals surface area (Å²) in [6.07, 6.45) is 0.258. The van der Waals surface area contributed by atoms with Gasteiger partial charge in [0.2, 0.25) is 6.79 Å². The molecule has 186 valence electrons. The summed E-state index contributed by atoms with van der Waals surface area (Å²) in [6.45, 7) is 0.0786. The Hall–Kier alpha value is -4.45. The predicted molar refractivity (Wildman–Crippen MR) is 128 cm³/mol. The number of halogens is 3. The fourth-order valence-corrected chi connectivity index (χ4v) is 5.30. The highest BCUT2D eigenvalue weighted by Gasteiger charge is 2.42. The van der Waals surface area contributed by atoms with Crippen LogP contribution >= 0.6 is 0 Å². The second-order valence-electron chi connectivity index (χ2n) is 9.01. The number of rotatable bonds is 3. The minimum Gasteiger partial charge on any atom is -0.454 e. The van der Waals surface area contributed by atoms with Crippen LogP contribution in [0.3, 0.4) is 0 Å². The molecular weight excluding hydrogens is 483 g/mol. The highest BCUT2D eigenvalue weighted by molar-refractivity contribution is 6.03. The van der Waals surface area contributed by atoms with Crippen LogP contribution in [0.15, 0.2) is 83.8 Å². The Balaban J connectivity index is 1.64. The first kappa shape index (κ1) is 23.0. The molecule has 2 aromatic carbocycles. The Bertz CT molecular complexity index is 1510. The van der Waals surface area contributed by atoms with E-state index in [1.165, 1.54) is 6.07 Å². The van der Waals surface area contributed by atoms with Gasteiger partial charge in [-0.2, -0.15) is 18.4 Å². The quantitative estimate of drug-likeness (QED) is 0.423. The summed E-state index contributed by atoms with van der Waals surface area (Å²) in [4.78, 5) is 15.1. The molecule has 0 spiro atoms. The summed E-state index contributed by atoms with van der Waals surface area (Å²) in [7, 11) is 0. The zero-order valence-electron chi connectivity index (χ0n) is 19.5. The van der Waals surface area contributed by atoms with Gasteiger partial charge in [0, 0.05) is 35.8 Å². The largest absolute Gasteiger partial charge is 0.454 e. The van der Waals surface area contributed by atoms with Gasteiger partial charge in [-0.15, -0.1) is 0 Å². The van der Waals surface area contributed by atoms with Crippen molar-refractivity contribution in [3.8, 4) is 17.6 Å². The summed E-state index contributed by atoms with van der Waals surface area (Å²) in [5, 5.41) is 10.5. The number of carbonyl (C=O) groups is 1. The number of aromatic nitrogens is 1. The van der Waals surface area contributed by atoms with Crippen molar-refractivity contribution in [2.75, 3.05) is 11.7 Å². The molecule has 0 amide bonds. The van der Waals surface area contributed by atoms with Crippen LogP contribution < -0.4 is 14.4 Å². The average molecular weight is 503 g/mol. The number of carbonyl (C=O) groups excluding carboxylic acids is 1. The van der Waals surface area contributed by atoms with Crippen LogP contribution in [0.2, 0.25) is 0 Å². The van der Waals surface area contributed by atoms with E-state index in [2.05, 4.69) is 6.07 Å². The third-order valence-electron chi connectivity index (χ3n) is 6.86. The third kappa shape index (κ3) is 3.76. The molecule has 0 N–H and O–H groups in total. The van der Waals surface area contributed by atoms with Gasteiger partial charge in [0.05, 0.1) is 23.1 Å². The van der Waals surface area contributed by atoms with Crippen LogP contribution in [0.5, 0.6) is 11.5 Å². The maximum Gasteiger partial charge on any atom is 0.416 e. The smallest absolute Gasteiger partial charge is 0.416 e. The summed E-state index contributed by atoms with van der Waals surface area (Å²) in [6, 6.07) is 16.1. The molecule has 3 aromatic rings. The number of hydrogen-bond donors (Lipinski definition) is 0. The molecule has 0 bridgehead atoms. The van der Waals surface area contributed by atoms with E-state index in [1.807, 2.05) is 0 Å². The average Bonchev–Trinajstić information content (AvgIpc) is 3.59. The molecule has 0 fully saturated rings. The first-order chi connectivity index (χ1) is 17.9. The molecule has 6 nitrogen and oxygen atoms in total.